The first-order valence-corrected chi connectivity index (χ1v) is 9.36. The second-order valence-corrected chi connectivity index (χ2v) is 7.26. The van der Waals surface area contributed by atoms with Crippen LogP contribution in [0.5, 0.6) is 11.5 Å². The van der Waals surface area contributed by atoms with Crippen molar-refractivity contribution in [1.82, 2.24) is 0 Å². The second kappa shape index (κ2) is 7.77. The highest BCUT2D eigenvalue weighted by molar-refractivity contribution is 8.38. The molecule has 1 aliphatic rings. The van der Waals surface area contributed by atoms with Crippen molar-refractivity contribution in [3.05, 3.63) is 53.6 Å². The fourth-order valence-corrected chi connectivity index (χ4v) is 4.27. The van der Waals surface area contributed by atoms with Gasteiger partial charge in [0, 0.05) is 11.8 Å². The molecule has 1 aliphatic heterocycles. The number of fused-ring (bicyclic) bond motifs is 1. The number of para-hydroxylation sites is 1. The van der Waals surface area contributed by atoms with E-state index in [4.69, 9.17) is 9.47 Å². The number of ether oxygens (including phenoxy) is 2. The Morgan fingerprint density at radius 3 is 2.83 bits per heavy atom. The van der Waals surface area contributed by atoms with Crippen LogP contribution in [0.2, 0.25) is 0 Å². The van der Waals surface area contributed by atoms with Gasteiger partial charge in [0.15, 0.2) is 5.78 Å². The van der Waals surface area contributed by atoms with Crippen LogP contribution in [0.15, 0.2) is 47.5 Å². The normalized spacial score (nSPS) is 13.0. The van der Waals surface area contributed by atoms with Crippen molar-refractivity contribution in [3.8, 4) is 11.5 Å². The molecule has 124 valence electrons. The maximum Gasteiger partial charge on any atom is 0.176 e. The zero-order valence-electron chi connectivity index (χ0n) is 13.4. The predicted molar refractivity (Wildman–Crippen MR) is 101 cm³/mol. The van der Waals surface area contributed by atoms with Gasteiger partial charge in [0.25, 0.3) is 0 Å². The molecule has 0 saturated heterocycles. The summed E-state index contributed by atoms with van der Waals surface area (Å²) in [5.74, 6) is 2.43. The molecular formula is C18H17NO3S2. The van der Waals surface area contributed by atoms with Gasteiger partial charge in [-0.2, -0.15) is 0 Å². The predicted octanol–water partition coefficient (Wildman–Crippen LogP) is 4.55. The van der Waals surface area contributed by atoms with Crippen LogP contribution in [0, 0.1) is 0 Å². The summed E-state index contributed by atoms with van der Waals surface area (Å²) in [6.07, 6.45) is 0. The first-order valence-electron chi connectivity index (χ1n) is 7.38. The molecule has 0 radical (unpaired) electrons. The molecule has 6 heteroatoms. The van der Waals surface area contributed by atoms with Crippen LogP contribution in [0.25, 0.3) is 0 Å². The number of aliphatic imine (C=N–C) groups is 1. The number of carbonyl (C=O) groups is 1. The Balaban J connectivity index is 1.69. The highest BCUT2D eigenvalue weighted by Gasteiger charge is 2.17. The van der Waals surface area contributed by atoms with Crippen LogP contribution in [0.3, 0.4) is 0 Å². The van der Waals surface area contributed by atoms with E-state index in [1.165, 1.54) is 17.3 Å². The van der Waals surface area contributed by atoms with E-state index < -0.39 is 0 Å². The minimum Gasteiger partial charge on any atom is -0.497 e. The third-order valence-electron chi connectivity index (χ3n) is 3.59. The summed E-state index contributed by atoms with van der Waals surface area (Å²) in [5, 5.41) is 0. The molecular weight excluding hydrogens is 342 g/mol. The number of nitrogens with zero attached hydrogens (tertiary/aromatic N) is 1. The van der Waals surface area contributed by atoms with Crippen LogP contribution in [0.4, 0.5) is 5.69 Å². The summed E-state index contributed by atoms with van der Waals surface area (Å²) in [4.78, 5) is 17.1. The molecule has 0 unspecified atom stereocenters. The lowest BCUT2D eigenvalue weighted by Crippen LogP contribution is -2.07. The van der Waals surface area contributed by atoms with Crippen molar-refractivity contribution >= 4 is 39.4 Å². The number of methoxy groups -OCH3 is 2. The van der Waals surface area contributed by atoms with Crippen molar-refractivity contribution in [3.63, 3.8) is 0 Å². The van der Waals surface area contributed by atoms with E-state index in [1.54, 1.807) is 44.2 Å². The third kappa shape index (κ3) is 3.76. The lowest BCUT2D eigenvalue weighted by Gasteiger charge is -2.14. The first-order chi connectivity index (χ1) is 11.7. The van der Waals surface area contributed by atoms with Gasteiger partial charge in [-0.1, -0.05) is 41.7 Å². The molecule has 0 amide bonds. The van der Waals surface area contributed by atoms with Gasteiger partial charge in [0.1, 0.15) is 15.9 Å². The van der Waals surface area contributed by atoms with Gasteiger partial charge >= 0.3 is 0 Å². The molecule has 0 bridgehead atoms. The lowest BCUT2D eigenvalue weighted by molar-refractivity contribution is 0.102. The van der Waals surface area contributed by atoms with Gasteiger partial charge < -0.3 is 9.47 Å². The maximum absolute atomic E-state index is 12.5. The van der Waals surface area contributed by atoms with Gasteiger partial charge in [-0.3, -0.25) is 4.79 Å². The van der Waals surface area contributed by atoms with E-state index >= 15 is 0 Å². The number of rotatable bonds is 5. The van der Waals surface area contributed by atoms with Crippen LogP contribution in [-0.4, -0.2) is 30.1 Å². The summed E-state index contributed by atoms with van der Waals surface area (Å²) in [6, 6.07) is 13.3. The van der Waals surface area contributed by atoms with Gasteiger partial charge in [0.05, 0.1) is 31.2 Å². The Morgan fingerprint density at radius 2 is 2.04 bits per heavy atom. The molecule has 1 heterocycles. The first kappa shape index (κ1) is 16.9. The number of hydrogen-bond donors (Lipinski definition) is 0. The van der Waals surface area contributed by atoms with Gasteiger partial charge in [-0.15, -0.1) is 0 Å². The van der Waals surface area contributed by atoms with E-state index in [2.05, 4.69) is 11.1 Å². The van der Waals surface area contributed by atoms with E-state index in [9.17, 15) is 4.79 Å². The Bertz CT molecular complexity index is 790. The molecule has 0 aliphatic carbocycles. The minimum atomic E-state index is 0.0154. The molecule has 0 N–H and O–H groups in total. The molecule has 0 aromatic heterocycles. The number of carbonyl (C=O) groups excluding carboxylic acids is 1. The van der Waals surface area contributed by atoms with E-state index in [1.807, 2.05) is 18.2 Å². The Hall–Kier alpha value is -1.92. The largest absolute Gasteiger partial charge is 0.497 e. The van der Waals surface area contributed by atoms with E-state index in [-0.39, 0.29) is 5.78 Å². The molecule has 0 atom stereocenters. The summed E-state index contributed by atoms with van der Waals surface area (Å²) >= 11 is 3.14. The molecule has 2 aromatic carbocycles. The number of ketones is 1. The molecule has 3 rings (SSSR count). The third-order valence-corrected chi connectivity index (χ3v) is 5.84. The van der Waals surface area contributed by atoms with Gasteiger partial charge in [-0.25, -0.2) is 4.99 Å². The quantitative estimate of drug-likeness (QED) is 0.733. The SMILES string of the molecule is COc1ccc(C(=O)CSC2=Nc3ccccc3CS2)c(OC)c1. The van der Waals surface area contributed by atoms with Gasteiger partial charge in [-0.05, 0) is 23.8 Å². The van der Waals surface area contributed by atoms with Crippen molar-refractivity contribution in [1.29, 1.82) is 0 Å². The smallest absolute Gasteiger partial charge is 0.176 e. The number of hydrogen-bond acceptors (Lipinski definition) is 6. The topological polar surface area (TPSA) is 47.9 Å². The minimum absolute atomic E-state index is 0.0154. The number of benzene rings is 2. The summed E-state index contributed by atoms with van der Waals surface area (Å²) < 4.78 is 11.4. The Labute approximate surface area is 149 Å². The average molecular weight is 359 g/mol. The molecule has 0 saturated carbocycles. The highest BCUT2D eigenvalue weighted by atomic mass is 32.2. The maximum atomic E-state index is 12.5. The van der Waals surface area contributed by atoms with Crippen LogP contribution >= 0.6 is 23.5 Å². The fraction of sp³-hybridized carbons (Fsp3) is 0.222. The van der Waals surface area contributed by atoms with E-state index in [0.29, 0.717) is 22.8 Å². The van der Waals surface area contributed by atoms with Crippen LogP contribution in [-0.2, 0) is 5.75 Å². The molecule has 2 aromatic rings. The molecule has 24 heavy (non-hydrogen) atoms. The zero-order chi connectivity index (χ0) is 16.9. The zero-order valence-corrected chi connectivity index (χ0v) is 15.1. The average Bonchev–Trinajstić information content (AvgIpc) is 2.65. The summed E-state index contributed by atoms with van der Waals surface area (Å²) in [6.45, 7) is 0. The van der Waals surface area contributed by atoms with Crippen molar-refractivity contribution < 1.29 is 14.3 Å². The van der Waals surface area contributed by atoms with Crippen molar-refractivity contribution in [2.75, 3.05) is 20.0 Å². The number of Topliss-reactive ketones (excluding diaryl/α,β-unsaturated/α-hetero) is 1. The van der Waals surface area contributed by atoms with E-state index in [0.717, 1.165) is 15.8 Å². The standard InChI is InChI=1S/C18H17NO3S2/c1-21-13-7-8-14(17(9-13)22-2)16(20)11-24-18-19-15-6-4-3-5-12(15)10-23-18/h3-9H,10-11H2,1-2H3. The Kier molecular flexibility index (Phi) is 5.48. The lowest BCUT2D eigenvalue weighted by atomic mass is 10.1. The molecule has 0 fully saturated rings. The Morgan fingerprint density at radius 1 is 1.21 bits per heavy atom. The molecule has 4 nitrogen and oxygen atoms in total. The fourth-order valence-electron chi connectivity index (χ4n) is 2.32. The summed E-state index contributed by atoms with van der Waals surface area (Å²) in [7, 11) is 3.14. The monoisotopic (exact) mass is 359 g/mol. The van der Waals surface area contributed by atoms with Gasteiger partial charge in [0.2, 0.25) is 0 Å². The van der Waals surface area contributed by atoms with Crippen LogP contribution < -0.4 is 9.47 Å². The molecule has 0 spiro atoms. The number of thioether (sulfide) groups is 2. The highest BCUT2D eigenvalue weighted by Crippen LogP contribution is 2.35. The second-order valence-electron chi connectivity index (χ2n) is 5.07. The van der Waals surface area contributed by atoms with Crippen molar-refractivity contribution in [2.24, 2.45) is 4.99 Å². The summed E-state index contributed by atoms with van der Waals surface area (Å²) in [5.41, 5.74) is 2.79. The van der Waals surface area contributed by atoms with Crippen molar-refractivity contribution in [2.45, 2.75) is 5.75 Å². The van der Waals surface area contributed by atoms with Crippen LogP contribution in [0.1, 0.15) is 15.9 Å².